The number of rotatable bonds is 2. The van der Waals surface area contributed by atoms with Crippen LogP contribution in [0.3, 0.4) is 0 Å². The molecule has 0 bridgehead atoms. The van der Waals surface area contributed by atoms with E-state index >= 15 is 0 Å². The van der Waals surface area contributed by atoms with Crippen LogP contribution in [0, 0.1) is 11.3 Å². The highest BCUT2D eigenvalue weighted by atomic mass is 35.5. The number of nitrogens with zero attached hydrogens (tertiary/aromatic N) is 1. The zero-order valence-electron chi connectivity index (χ0n) is 8.83. The highest BCUT2D eigenvalue weighted by molar-refractivity contribution is 6.37. The van der Waals surface area contributed by atoms with Crippen molar-refractivity contribution in [1.29, 1.82) is 5.26 Å². The molecular formula is C13H10ClNO. The van der Waals surface area contributed by atoms with Crippen LogP contribution in [0.4, 0.5) is 0 Å². The second-order valence-electron chi connectivity index (χ2n) is 3.47. The Kier molecular flexibility index (Phi) is 2.98. The average Bonchev–Trinajstić information content (AvgIpc) is 2.30. The second-order valence-corrected chi connectivity index (χ2v) is 3.85. The number of fused-ring (bicyclic) bond motifs is 1. The molecule has 0 unspecified atom stereocenters. The maximum Gasteiger partial charge on any atom is 0.138 e. The first kappa shape index (κ1) is 10.8. The summed E-state index contributed by atoms with van der Waals surface area (Å²) in [5.41, 5.74) is 0.997. The first-order chi connectivity index (χ1) is 7.76. The molecule has 0 atom stereocenters. The fourth-order valence-corrected chi connectivity index (χ4v) is 1.99. The van der Waals surface area contributed by atoms with Crippen LogP contribution in [0.5, 0.6) is 5.75 Å². The van der Waals surface area contributed by atoms with E-state index in [1.54, 1.807) is 7.11 Å². The maximum atomic E-state index is 8.63. The Balaban J connectivity index is 2.61. The molecule has 0 N–H and O–H groups in total. The lowest BCUT2D eigenvalue weighted by Gasteiger charge is -2.07. The molecule has 3 heteroatoms. The van der Waals surface area contributed by atoms with E-state index < -0.39 is 0 Å². The van der Waals surface area contributed by atoms with Gasteiger partial charge in [0.1, 0.15) is 5.75 Å². The van der Waals surface area contributed by atoms with Gasteiger partial charge < -0.3 is 4.74 Å². The summed E-state index contributed by atoms with van der Waals surface area (Å²) in [4.78, 5) is 0. The van der Waals surface area contributed by atoms with Crippen LogP contribution < -0.4 is 4.74 Å². The molecule has 0 saturated carbocycles. The van der Waals surface area contributed by atoms with E-state index in [0.29, 0.717) is 17.2 Å². The molecule has 80 valence electrons. The molecule has 0 fully saturated rings. The van der Waals surface area contributed by atoms with Crippen molar-refractivity contribution in [3.8, 4) is 11.8 Å². The van der Waals surface area contributed by atoms with Crippen molar-refractivity contribution in [1.82, 2.24) is 0 Å². The minimum absolute atomic E-state index is 0.416. The predicted molar refractivity (Wildman–Crippen MR) is 64.8 cm³/mol. The van der Waals surface area contributed by atoms with Crippen molar-refractivity contribution >= 4 is 22.4 Å². The van der Waals surface area contributed by atoms with Crippen molar-refractivity contribution in [2.45, 2.75) is 6.42 Å². The van der Waals surface area contributed by atoms with Gasteiger partial charge in [0.05, 0.1) is 24.6 Å². The topological polar surface area (TPSA) is 33.0 Å². The Morgan fingerprint density at radius 3 is 2.81 bits per heavy atom. The van der Waals surface area contributed by atoms with Crippen LogP contribution in [0.2, 0.25) is 5.02 Å². The SMILES string of the molecule is COc1ccc2cc(CC#N)ccc2c1Cl. The zero-order valence-corrected chi connectivity index (χ0v) is 9.58. The molecule has 2 rings (SSSR count). The van der Waals surface area contributed by atoms with Crippen LogP contribution in [0.25, 0.3) is 10.8 Å². The largest absolute Gasteiger partial charge is 0.495 e. The second kappa shape index (κ2) is 4.42. The lowest BCUT2D eigenvalue weighted by Crippen LogP contribution is -1.87. The Bertz CT molecular complexity index is 572. The van der Waals surface area contributed by atoms with Gasteiger partial charge in [0.2, 0.25) is 0 Å². The quantitative estimate of drug-likeness (QED) is 0.792. The number of methoxy groups -OCH3 is 1. The predicted octanol–water partition coefficient (Wildman–Crippen LogP) is 3.57. The minimum Gasteiger partial charge on any atom is -0.495 e. The summed E-state index contributed by atoms with van der Waals surface area (Å²) in [5, 5.41) is 11.2. The van der Waals surface area contributed by atoms with Crippen molar-refractivity contribution < 1.29 is 4.74 Å². The summed E-state index contributed by atoms with van der Waals surface area (Å²) in [7, 11) is 1.59. The Labute approximate surface area is 99.0 Å². The third kappa shape index (κ3) is 1.82. The summed E-state index contributed by atoms with van der Waals surface area (Å²) in [6.45, 7) is 0. The van der Waals surface area contributed by atoms with Gasteiger partial charge in [-0.25, -0.2) is 0 Å². The number of halogens is 1. The first-order valence-electron chi connectivity index (χ1n) is 4.88. The fourth-order valence-electron chi connectivity index (χ4n) is 1.68. The molecule has 0 aliphatic heterocycles. The fraction of sp³-hybridized carbons (Fsp3) is 0.154. The Morgan fingerprint density at radius 1 is 1.31 bits per heavy atom. The summed E-state index contributed by atoms with van der Waals surface area (Å²) in [5.74, 6) is 0.669. The maximum absolute atomic E-state index is 8.63. The van der Waals surface area contributed by atoms with E-state index in [9.17, 15) is 0 Å². The van der Waals surface area contributed by atoms with Gasteiger partial charge in [0.25, 0.3) is 0 Å². The molecule has 0 amide bonds. The molecule has 0 spiro atoms. The number of benzene rings is 2. The van der Waals surface area contributed by atoms with Gasteiger partial charge in [-0.1, -0.05) is 35.9 Å². The molecule has 2 aromatic carbocycles. The van der Waals surface area contributed by atoms with E-state index in [1.807, 2.05) is 30.3 Å². The zero-order chi connectivity index (χ0) is 11.5. The van der Waals surface area contributed by atoms with Crippen LogP contribution in [0.1, 0.15) is 5.56 Å². The van der Waals surface area contributed by atoms with Crippen molar-refractivity contribution in [2.24, 2.45) is 0 Å². The molecule has 2 aromatic rings. The first-order valence-corrected chi connectivity index (χ1v) is 5.26. The Morgan fingerprint density at radius 2 is 2.12 bits per heavy atom. The molecule has 0 aromatic heterocycles. The monoisotopic (exact) mass is 231 g/mol. The average molecular weight is 232 g/mol. The van der Waals surface area contributed by atoms with Gasteiger partial charge in [-0.05, 0) is 17.0 Å². The molecular weight excluding hydrogens is 222 g/mol. The van der Waals surface area contributed by atoms with E-state index in [4.69, 9.17) is 21.6 Å². The smallest absolute Gasteiger partial charge is 0.138 e. The number of nitriles is 1. The van der Waals surface area contributed by atoms with E-state index in [1.165, 1.54) is 0 Å². The summed E-state index contributed by atoms with van der Waals surface area (Å²) in [6, 6.07) is 11.7. The number of hydrogen-bond acceptors (Lipinski definition) is 2. The lowest BCUT2D eigenvalue weighted by atomic mass is 10.1. The number of ether oxygens (including phenoxy) is 1. The highest BCUT2D eigenvalue weighted by Crippen LogP contribution is 2.32. The lowest BCUT2D eigenvalue weighted by molar-refractivity contribution is 0.415. The van der Waals surface area contributed by atoms with Crippen LogP contribution in [-0.2, 0) is 6.42 Å². The third-order valence-electron chi connectivity index (χ3n) is 2.49. The van der Waals surface area contributed by atoms with Gasteiger partial charge in [0, 0.05) is 5.39 Å². The molecule has 0 aliphatic rings. The van der Waals surface area contributed by atoms with Crippen LogP contribution in [-0.4, -0.2) is 7.11 Å². The molecule has 0 aliphatic carbocycles. The summed E-state index contributed by atoms with van der Waals surface area (Å²) in [6.07, 6.45) is 0.416. The summed E-state index contributed by atoms with van der Waals surface area (Å²) >= 11 is 6.18. The van der Waals surface area contributed by atoms with E-state index in [-0.39, 0.29) is 0 Å². The molecule has 0 saturated heterocycles. The van der Waals surface area contributed by atoms with Crippen molar-refractivity contribution in [3.63, 3.8) is 0 Å². The highest BCUT2D eigenvalue weighted by Gasteiger charge is 2.05. The number of hydrogen-bond donors (Lipinski definition) is 0. The standard InChI is InChI=1S/C13H10ClNO/c1-16-12-5-3-10-8-9(6-7-15)2-4-11(10)13(12)14/h2-5,8H,6H2,1H3. The van der Waals surface area contributed by atoms with Crippen LogP contribution >= 0.6 is 11.6 Å². The van der Waals surface area contributed by atoms with E-state index in [0.717, 1.165) is 16.3 Å². The van der Waals surface area contributed by atoms with Gasteiger partial charge >= 0.3 is 0 Å². The van der Waals surface area contributed by atoms with Gasteiger partial charge in [-0.3, -0.25) is 0 Å². The molecule has 16 heavy (non-hydrogen) atoms. The van der Waals surface area contributed by atoms with E-state index in [2.05, 4.69) is 6.07 Å². The summed E-state index contributed by atoms with van der Waals surface area (Å²) < 4.78 is 5.15. The normalized spacial score (nSPS) is 10.1. The minimum atomic E-state index is 0.416. The Hall–Kier alpha value is -1.72. The molecule has 2 nitrogen and oxygen atoms in total. The van der Waals surface area contributed by atoms with Gasteiger partial charge in [-0.15, -0.1) is 0 Å². The molecule has 0 heterocycles. The van der Waals surface area contributed by atoms with Gasteiger partial charge in [0.15, 0.2) is 0 Å². The van der Waals surface area contributed by atoms with Gasteiger partial charge in [-0.2, -0.15) is 5.26 Å². The van der Waals surface area contributed by atoms with Crippen molar-refractivity contribution in [2.75, 3.05) is 7.11 Å². The van der Waals surface area contributed by atoms with Crippen LogP contribution in [0.15, 0.2) is 30.3 Å². The van der Waals surface area contributed by atoms with Crippen molar-refractivity contribution in [3.05, 3.63) is 40.9 Å². The third-order valence-corrected chi connectivity index (χ3v) is 2.88. The molecule has 0 radical (unpaired) electrons.